The topological polar surface area (TPSA) is 93.5 Å². The molecule has 0 amide bonds. The van der Waals surface area contributed by atoms with Gasteiger partial charge >= 0.3 is 0 Å². The lowest BCUT2D eigenvalue weighted by Gasteiger charge is -2.29. The van der Waals surface area contributed by atoms with E-state index in [1.165, 1.54) is 53.1 Å². The van der Waals surface area contributed by atoms with Crippen molar-refractivity contribution in [1.82, 2.24) is 4.57 Å². The predicted molar refractivity (Wildman–Crippen MR) is 169 cm³/mol. The van der Waals surface area contributed by atoms with E-state index in [1.54, 1.807) is 54.6 Å². The monoisotopic (exact) mass is 668 g/mol. The van der Waals surface area contributed by atoms with Crippen molar-refractivity contribution in [3.63, 3.8) is 0 Å². The molecule has 1 aliphatic heterocycles. The summed E-state index contributed by atoms with van der Waals surface area (Å²) in [6.45, 7) is 0. The number of hydrogen-bond acceptors (Lipinski definition) is 5. The molecular formula is C32H23Cl2FN2O5S2. The minimum Gasteiger partial charge on any atom is -0.283 e. The summed E-state index contributed by atoms with van der Waals surface area (Å²) in [5, 5.41) is 0.852. The van der Waals surface area contributed by atoms with Gasteiger partial charge in [-0.3, -0.25) is 9.36 Å². The Bertz CT molecular complexity index is 2190. The van der Waals surface area contributed by atoms with Crippen LogP contribution in [-0.4, -0.2) is 27.7 Å². The van der Waals surface area contributed by atoms with Gasteiger partial charge in [-0.2, -0.15) is 0 Å². The normalized spacial score (nSPS) is 16.6. The first-order chi connectivity index (χ1) is 20.9. The summed E-state index contributed by atoms with van der Waals surface area (Å²) >= 11 is 12.4. The number of halogens is 3. The molecule has 2 atom stereocenters. The zero-order valence-electron chi connectivity index (χ0n) is 22.9. The third-order valence-electron chi connectivity index (χ3n) is 7.52. The molecule has 1 aromatic heterocycles. The van der Waals surface area contributed by atoms with Crippen molar-refractivity contribution in [1.29, 1.82) is 0 Å². The standard InChI is InChI=1S/C32H23Cl2FN2O5S2/c1-43(39,40)25-6-4-5-22(19-25)26-17-18-29-36(32(26)38)30(20-9-13-23(33)14-10-20)31(21-11-15-24(34)16-12-21)37(29)44(41,42)28-8-3-2-7-27(28)35/h2-19,30-31H,1H3/t30-,31+/m0/s1. The molecule has 12 heteroatoms. The lowest BCUT2D eigenvalue weighted by molar-refractivity contribution is 0.525. The van der Waals surface area contributed by atoms with Crippen LogP contribution < -0.4 is 9.86 Å². The highest BCUT2D eigenvalue weighted by Gasteiger charge is 2.48. The minimum atomic E-state index is -4.60. The van der Waals surface area contributed by atoms with Crippen molar-refractivity contribution in [3.8, 4) is 11.1 Å². The molecule has 0 unspecified atom stereocenters. The van der Waals surface area contributed by atoms with Crippen LogP contribution in [0.2, 0.25) is 10.0 Å². The van der Waals surface area contributed by atoms with E-state index in [9.17, 15) is 21.6 Å². The van der Waals surface area contributed by atoms with Gasteiger partial charge < -0.3 is 0 Å². The Morgan fingerprint density at radius 3 is 1.89 bits per heavy atom. The van der Waals surface area contributed by atoms with Gasteiger partial charge in [-0.05, 0) is 77.4 Å². The number of rotatable bonds is 6. The highest BCUT2D eigenvalue weighted by Crippen LogP contribution is 2.49. The predicted octanol–water partition coefficient (Wildman–Crippen LogP) is 6.90. The first-order valence-electron chi connectivity index (χ1n) is 13.2. The Hall–Kier alpha value is -3.96. The second-order valence-electron chi connectivity index (χ2n) is 10.3. The van der Waals surface area contributed by atoms with Crippen molar-refractivity contribution in [2.24, 2.45) is 0 Å². The van der Waals surface area contributed by atoms with Gasteiger partial charge in [0.1, 0.15) is 16.5 Å². The summed E-state index contributed by atoms with van der Waals surface area (Å²) in [6, 6.07) is 25.1. The van der Waals surface area contributed by atoms with Gasteiger partial charge in [-0.25, -0.2) is 25.5 Å². The summed E-state index contributed by atoms with van der Waals surface area (Å²) in [4.78, 5) is 13.9. The van der Waals surface area contributed by atoms with Crippen molar-refractivity contribution in [2.45, 2.75) is 21.9 Å². The third-order valence-corrected chi connectivity index (χ3v) is 11.0. The molecule has 0 N–H and O–H groups in total. The number of sulfonamides is 1. The second kappa shape index (κ2) is 11.2. The maximum atomic E-state index is 15.1. The Morgan fingerprint density at radius 1 is 0.705 bits per heavy atom. The molecule has 1 aliphatic rings. The molecule has 4 aromatic carbocycles. The van der Waals surface area contributed by atoms with Crippen LogP contribution in [0, 0.1) is 5.82 Å². The number of pyridine rings is 1. The van der Waals surface area contributed by atoms with Gasteiger partial charge in [0, 0.05) is 21.9 Å². The second-order valence-corrected chi connectivity index (χ2v) is 15.0. The summed E-state index contributed by atoms with van der Waals surface area (Å²) < 4.78 is 70.8. The molecule has 0 radical (unpaired) electrons. The van der Waals surface area contributed by atoms with Crippen LogP contribution in [0.3, 0.4) is 0 Å². The SMILES string of the molecule is CS(=O)(=O)c1cccc(-c2ccc3n(c2=O)[C@@H](c2ccc(Cl)cc2)[C@@H](c2ccc(Cl)cc2)N3S(=O)(=O)c2ccccc2F)c1. The fraction of sp³-hybridized carbons (Fsp3) is 0.0938. The average molecular weight is 670 g/mol. The maximum Gasteiger partial charge on any atom is 0.269 e. The van der Waals surface area contributed by atoms with Crippen LogP contribution in [-0.2, 0) is 19.9 Å². The van der Waals surface area contributed by atoms with E-state index < -0.39 is 48.2 Å². The van der Waals surface area contributed by atoms with E-state index in [0.717, 1.165) is 16.6 Å². The number of fused-ring (bicyclic) bond motifs is 1. The highest BCUT2D eigenvalue weighted by molar-refractivity contribution is 7.93. The summed E-state index contributed by atoms with van der Waals surface area (Å²) in [6.07, 6.45) is 1.07. The number of nitrogens with zero attached hydrogens (tertiary/aromatic N) is 2. The molecule has 224 valence electrons. The van der Waals surface area contributed by atoms with Crippen molar-refractivity contribution >= 4 is 48.9 Å². The molecule has 2 heterocycles. The smallest absolute Gasteiger partial charge is 0.269 e. The Morgan fingerprint density at radius 2 is 1.30 bits per heavy atom. The van der Waals surface area contributed by atoms with E-state index in [2.05, 4.69) is 0 Å². The number of benzene rings is 4. The van der Waals surface area contributed by atoms with Crippen LogP contribution in [0.4, 0.5) is 10.2 Å². The average Bonchev–Trinajstić information content (AvgIpc) is 3.35. The van der Waals surface area contributed by atoms with E-state index in [4.69, 9.17) is 23.2 Å². The van der Waals surface area contributed by atoms with Gasteiger partial charge in [-0.15, -0.1) is 0 Å². The number of aromatic nitrogens is 1. The number of sulfone groups is 1. The molecule has 0 saturated heterocycles. The lowest BCUT2D eigenvalue weighted by Crippen LogP contribution is -2.34. The Labute approximate surface area is 263 Å². The molecule has 44 heavy (non-hydrogen) atoms. The summed E-state index contributed by atoms with van der Waals surface area (Å²) in [7, 11) is -8.18. The van der Waals surface area contributed by atoms with Gasteiger partial charge in [0.15, 0.2) is 9.84 Å². The van der Waals surface area contributed by atoms with Gasteiger partial charge in [0.2, 0.25) is 0 Å². The number of hydrogen-bond donors (Lipinski definition) is 0. The molecule has 6 rings (SSSR count). The van der Waals surface area contributed by atoms with Crippen LogP contribution in [0.5, 0.6) is 0 Å². The van der Waals surface area contributed by atoms with Crippen molar-refractivity contribution < 1.29 is 21.2 Å². The van der Waals surface area contributed by atoms with Gasteiger partial charge in [-0.1, -0.05) is 71.7 Å². The molecular weight excluding hydrogens is 646 g/mol. The Balaban J connectivity index is 1.68. The van der Waals surface area contributed by atoms with Crippen molar-refractivity contribution in [3.05, 3.63) is 147 Å². The highest BCUT2D eigenvalue weighted by atomic mass is 35.5. The van der Waals surface area contributed by atoms with Gasteiger partial charge in [0.25, 0.3) is 15.6 Å². The zero-order valence-corrected chi connectivity index (χ0v) is 26.1. The van der Waals surface area contributed by atoms with E-state index in [-0.39, 0.29) is 16.3 Å². The zero-order chi connectivity index (χ0) is 31.4. The molecule has 7 nitrogen and oxygen atoms in total. The van der Waals surface area contributed by atoms with Gasteiger partial charge in [0.05, 0.1) is 17.0 Å². The van der Waals surface area contributed by atoms with E-state index in [0.29, 0.717) is 26.7 Å². The first-order valence-corrected chi connectivity index (χ1v) is 17.3. The number of anilines is 1. The maximum absolute atomic E-state index is 15.1. The Kier molecular flexibility index (Phi) is 7.65. The lowest BCUT2D eigenvalue weighted by atomic mass is 9.94. The molecule has 0 aliphatic carbocycles. The van der Waals surface area contributed by atoms with E-state index >= 15 is 4.39 Å². The molecule has 5 aromatic rings. The molecule has 0 fully saturated rings. The molecule has 0 spiro atoms. The fourth-order valence-corrected chi connectivity index (χ4v) is 8.15. The summed E-state index contributed by atoms with van der Waals surface area (Å²) in [5.74, 6) is -0.943. The van der Waals surface area contributed by atoms with Crippen LogP contribution >= 0.6 is 23.2 Å². The van der Waals surface area contributed by atoms with Crippen LogP contribution in [0.25, 0.3) is 11.1 Å². The fourth-order valence-electron chi connectivity index (χ4n) is 5.52. The molecule has 0 saturated carbocycles. The van der Waals surface area contributed by atoms with Crippen LogP contribution in [0.1, 0.15) is 23.2 Å². The van der Waals surface area contributed by atoms with Crippen molar-refractivity contribution in [2.75, 3.05) is 10.6 Å². The largest absolute Gasteiger partial charge is 0.283 e. The first kappa shape index (κ1) is 30.1. The van der Waals surface area contributed by atoms with E-state index in [1.807, 2.05) is 0 Å². The third kappa shape index (κ3) is 5.21. The summed E-state index contributed by atoms with van der Waals surface area (Å²) in [5.41, 5.74) is 0.974. The minimum absolute atomic E-state index is 0.00108. The quantitative estimate of drug-likeness (QED) is 0.196. The van der Waals surface area contributed by atoms with Crippen LogP contribution in [0.15, 0.2) is 124 Å². The molecule has 0 bridgehead atoms.